The van der Waals surface area contributed by atoms with Crippen molar-refractivity contribution >= 4 is 11.9 Å². The Morgan fingerprint density at radius 2 is 1.43 bits per heavy atom. The second-order valence-corrected chi connectivity index (χ2v) is 7.29. The lowest BCUT2D eigenvalue weighted by Gasteiger charge is -2.22. The summed E-state index contributed by atoms with van der Waals surface area (Å²) in [7, 11) is 0. The Hall–Kier alpha value is -2.92. The van der Waals surface area contributed by atoms with Gasteiger partial charge in [0.1, 0.15) is 5.92 Å². The predicted molar refractivity (Wildman–Crippen MR) is 105 cm³/mol. The minimum atomic E-state index is -0.983. The van der Waals surface area contributed by atoms with Crippen molar-refractivity contribution in [2.75, 3.05) is 6.54 Å². The van der Waals surface area contributed by atoms with E-state index in [4.69, 9.17) is 4.74 Å². The van der Waals surface area contributed by atoms with Gasteiger partial charge < -0.3 is 15.2 Å². The molecule has 2 aromatic carbocycles. The standard InChI is InChI=1S/C23H23NO4/c25-22(20-18-11-12-19(28-18)21(20)23(26)27)24-14-13-17(15-7-3-1-4-8-15)16-9-5-2-6-10-16/h1-12,17-21H,13-14H2,(H,24,25)(H,26,27)/t18-,19-,20-,21-/m0/s1. The van der Waals surface area contributed by atoms with Crippen LogP contribution in [0.25, 0.3) is 0 Å². The molecule has 0 unspecified atom stereocenters. The quantitative estimate of drug-likeness (QED) is 0.728. The molecular formula is C23H23NO4. The van der Waals surface area contributed by atoms with Gasteiger partial charge in [0.05, 0.1) is 18.1 Å². The Bertz CT molecular complexity index is 825. The first-order valence-electron chi connectivity index (χ1n) is 9.59. The highest BCUT2D eigenvalue weighted by Gasteiger charge is 2.53. The van der Waals surface area contributed by atoms with E-state index in [1.807, 2.05) is 36.4 Å². The maximum Gasteiger partial charge on any atom is 0.310 e. The number of aliphatic carboxylic acids is 1. The number of benzene rings is 2. The first-order valence-corrected chi connectivity index (χ1v) is 9.59. The predicted octanol–water partition coefficient (Wildman–Crippen LogP) is 2.98. The third kappa shape index (κ3) is 3.58. The highest BCUT2D eigenvalue weighted by atomic mass is 16.5. The molecule has 0 radical (unpaired) electrons. The molecule has 0 aromatic heterocycles. The smallest absolute Gasteiger partial charge is 0.310 e. The molecule has 1 saturated heterocycles. The number of fused-ring (bicyclic) bond motifs is 2. The summed E-state index contributed by atoms with van der Waals surface area (Å²) in [4.78, 5) is 24.3. The summed E-state index contributed by atoms with van der Waals surface area (Å²) in [5, 5.41) is 12.4. The van der Waals surface area contributed by atoms with Crippen LogP contribution in [0.1, 0.15) is 23.5 Å². The van der Waals surface area contributed by atoms with Gasteiger partial charge in [-0.3, -0.25) is 9.59 Å². The number of carboxylic acid groups (broad SMARTS) is 1. The number of amides is 1. The second kappa shape index (κ2) is 7.98. The first-order chi connectivity index (χ1) is 13.6. The second-order valence-electron chi connectivity index (χ2n) is 7.29. The molecule has 1 amide bonds. The molecule has 4 atom stereocenters. The molecule has 5 heteroatoms. The summed E-state index contributed by atoms with van der Waals surface area (Å²) in [6.45, 7) is 0.469. The lowest BCUT2D eigenvalue weighted by atomic mass is 9.82. The molecule has 2 bridgehead atoms. The van der Waals surface area contributed by atoms with E-state index >= 15 is 0 Å². The third-order valence-electron chi connectivity index (χ3n) is 5.62. The molecule has 2 aliphatic heterocycles. The number of carbonyl (C=O) groups excluding carboxylic acids is 1. The fraction of sp³-hybridized carbons (Fsp3) is 0.304. The molecule has 2 N–H and O–H groups in total. The van der Waals surface area contributed by atoms with E-state index in [0.717, 1.165) is 6.42 Å². The largest absolute Gasteiger partial charge is 0.481 e. The van der Waals surface area contributed by atoms with Crippen LogP contribution in [0.4, 0.5) is 0 Å². The summed E-state index contributed by atoms with van der Waals surface area (Å²) in [5.41, 5.74) is 2.38. The van der Waals surface area contributed by atoms with Gasteiger partial charge in [-0.15, -0.1) is 0 Å². The van der Waals surface area contributed by atoms with Gasteiger partial charge in [-0.1, -0.05) is 72.8 Å². The zero-order valence-corrected chi connectivity index (χ0v) is 15.4. The Labute approximate surface area is 164 Å². The molecule has 5 nitrogen and oxygen atoms in total. The van der Waals surface area contributed by atoms with Crippen molar-refractivity contribution in [2.24, 2.45) is 11.8 Å². The molecule has 144 valence electrons. The van der Waals surface area contributed by atoms with Gasteiger partial charge in [0.15, 0.2) is 0 Å². The van der Waals surface area contributed by atoms with Gasteiger partial charge in [0.25, 0.3) is 0 Å². The normalized spacial score (nSPS) is 25.2. The van der Waals surface area contributed by atoms with Gasteiger partial charge in [-0.2, -0.15) is 0 Å². The fourth-order valence-electron chi connectivity index (χ4n) is 4.27. The number of ether oxygens (including phenoxy) is 1. The van der Waals surface area contributed by atoms with Crippen molar-refractivity contribution in [1.82, 2.24) is 5.32 Å². The van der Waals surface area contributed by atoms with Crippen molar-refractivity contribution in [1.29, 1.82) is 0 Å². The van der Waals surface area contributed by atoms with Crippen molar-refractivity contribution in [3.63, 3.8) is 0 Å². The van der Waals surface area contributed by atoms with Crippen molar-refractivity contribution in [3.05, 3.63) is 83.9 Å². The van der Waals surface area contributed by atoms with Crippen LogP contribution in [-0.2, 0) is 14.3 Å². The van der Waals surface area contributed by atoms with E-state index in [2.05, 4.69) is 29.6 Å². The van der Waals surface area contributed by atoms with Crippen molar-refractivity contribution < 1.29 is 19.4 Å². The Morgan fingerprint density at radius 1 is 0.893 bits per heavy atom. The number of carboxylic acids is 1. The van der Waals surface area contributed by atoms with Crippen LogP contribution >= 0.6 is 0 Å². The molecule has 0 spiro atoms. The lowest BCUT2D eigenvalue weighted by molar-refractivity contribution is -0.146. The number of hydrogen-bond acceptors (Lipinski definition) is 3. The van der Waals surface area contributed by atoms with Crippen molar-refractivity contribution in [3.8, 4) is 0 Å². The zero-order chi connectivity index (χ0) is 19.5. The first kappa shape index (κ1) is 18.4. The van der Waals surface area contributed by atoms with Crippen LogP contribution in [0.5, 0.6) is 0 Å². The van der Waals surface area contributed by atoms with Gasteiger partial charge in [-0.05, 0) is 17.5 Å². The summed E-state index contributed by atoms with van der Waals surface area (Å²) in [6.07, 6.45) is 3.33. The Kier molecular flexibility index (Phi) is 5.26. The van der Waals surface area contributed by atoms with E-state index < -0.39 is 30.0 Å². The number of rotatable bonds is 7. The highest BCUT2D eigenvalue weighted by molar-refractivity contribution is 5.87. The molecular weight excluding hydrogens is 354 g/mol. The average Bonchev–Trinajstić information content (AvgIpc) is 3.34. The highest BCUT2D eigenvalue weighted by Crippen LogP contribution is 2.39. The molecule has 0 aliphatic carbocycles. The van der Waals surface area contributed by atoms with E-state index in [9.17, 15) is 14.7 Å². The topological polar surface area (TPSA) is 75.6 Å². The molecule has 1 fully saturated rings. The summed E-state index contributed by atoms with van der Waals surface area (Å²) < 4.78 is 5.59. The maximum absolute atomic E-state index is 12.7. The van der Waals surface area contributed by atoms with Gasteiger partial charge in [0.2, 0.25) is 5.91 Å². The van der Waals surface area contributed by atoms with Crippen LogP contribution < -0.4 is 5.32 Å². The monoisotopic (exact) mass is 377 g/mol. The van der Waals surface area contributed by atoms with E-state index in [1.54, 1.807) is 12.2 Å². The fourth-order valence-corrected chi connectivity index (χ4v) is 4.27. The Balaban J connectivity index is 1.43. The molecule has 4 rings (SSSR count). The van der Waals surface area contributed by atoms with Crippen molar-refractivity contribution in [2.45, 2.75) is 24.5 Å². The zero-order valence-electron chi connectivity index (χ0n) is 15.4. The summed E-state index contributed by atoms with van der Waals surface area (Å²) in [6, 6.07) is 20.4. The molecule has 2 aliphatic rings. The Morgan fingerprint density at radius 3 is 1.96 bits per heavy atom. The number of hydrogen-bond donors (Lipinski definition) is 2. The molecule has 2 heterocycles. The number of nitrogens with one attached hydrogen (secondary N) is 1. The van der Waals surface area contributed by atoms with E-state index in [0.29, 0.717) is 6.54 Å². The summed E-state index contributed by atoms with van der Waals surface area (Å²) in [5.74, 6) is -2.55. The SMILES string of the molecule is O=C(O)[C@@H]1[C@@H](C(=O)NCCC(c2ccccc2)c2ccccc2)[C@@H]2C=C[C@@H]1O2. The third-order valence-corrected chi connectivity index (χ3v) is 5.62. The van der Waals surface area contributed by atoms with Crippen LogP contribution in [0.15, 0.2) is 72.8 Å². The van der Waals surface area contributed by atoms with Crippen LogP contribution in [0, 0.1) is 11.8 Å². The molecule has 0 saturated carbocycles. The molecule has 2 aromatic rings. The molecule has 28 heavy (non-hydrogen) atoms. The van der Waals surface area contributed by atoms with Crippen LogP contribution in [0.2, 0.25) is 0 Å². The summed E-state index contributed by atoms with van der Waals surface area (Å²) >= 11 is 0. The van der Waals surface area contributed by atoms with Crippen LogP contribution in [-0.4, -0.2) is 35.7 Å². The maximum atomic E-state index is 12.7. The van der Waals surface area contributed by atoms with Gasteiger partial charge >= 0.3 is 5.97 Å². The lowest BCUT2D eigenvalue weighted by Crippen LogP contribution is -2.42. The number of carbonyl (C=O) groups is 2. The van der Waals surface area contributed by atoms with Gasteiger partial charge in [0, 0.05) is 12.5 Å². The van der Waals surface area contributed by atoms with Gasteiger partial charge in [-0.25, -0.2) is 0 Å². The van der Waals surface area contributed by atoms with E-state index in [-0.39, 0.29) is 11.8 Å². The minimum Gasteiger partial charge on any atom is -0.481 e. The average molecular weight is 377 g/mol. The van der Waals surface area contributed by atoms with Crippen LogP contribution in [0.3, 0.4) is 0 Å². The minimum absolute atomic E-state index is 0.161. The van der Waals surface area contributed by atoms with E-state index in [1.165, 1.54) is 11.1 Å².